The zero-order chi connectivity index (χ0) is 20.1. The van der Waals surface area contributed by atoms with Crippen LogP contribution in [-0.4, -0.2) is 54.1 Å². The molecule has 0 spiro atoms. The number of hydrogen-bond donors (Lipinski definition) is 0. The first-order valence-electron chi connectivity index (χ1n) is 10.4. The summed E-state index contributed by atoms with van der Waals surface area (Å²) in [5.41, 5.74) is 3.63. The number of aromatic nitrogens is 1. The van der Waals surface area contributed by atoms with E-state index in [0.29, 0.717) is 11.7 Å². The number of carbonyl (C=O) groups excluding carboxylic acids is 1. The number of amides is 1. The Morgan fingerprint density at radius 2 is 2.14 bits per heavy atom. The van der Waals surface area contributed by atoms with Crippen LogP contribution < -0.4 is 0 Å². The molecule has 0 unspecified atom stereocenters. The van der Waals surface area contributed by atoms with Gasteiger partial charge in [-0.15, -0.1) is 0 Å². The van der Waals surface area contributed by atoms with E-state index in [2.05, 4.69) is 41.2 Å². The Morgan fingerprint density at radius 3 is 2.86 bits per heavy atom. The molecule has 1 aliphatic rings. The molecule has 1 aromatic carbocycles. The molecular weight excluding hydrogens is 350 g/mol. The summed E-state index contributed by atoms with van der Waals surface area (Å²) in [6.45, 7) is 10.3. The zero-order valence-corrected chi connectivity index (χ0v) is 17.6. The monoisotopic (exact) mass is 383 g/mol. The van der Waals surface area contributed by atoms with Gasteiger partial charge < -0.3 is 14.3 Å². The van der Waals surface area contributed by atoms with Gasteiger partial charge in [-0.2, -0.15) is 0 Å². The number of nitrogens with zero attached hydrogens (tertiary/aromatic N) is 3. The average molecular weight is 384 g/mol. The fourth-order valence-corrected chi connectivity index (χ4v) is 3.99. The van der Waals surface area contributed by atoms with Crippen molar-refractivity contribution in [3.8, 4) is 0 Å². The van der Waals surface area contributed by atoms with Crippen LogP contribution in [0.2, 0.25) is 0 Å². The number of benzene rings is 1. The van der Waals surface area contributed by atoms with Gasteiger partial charge in [0, 0.05) is 32.7 Å². The Kier molecular flexibility index (Phi) is 6.89. The molecule has 1 aliphatic heterocycles. The normalized spacial score (nSPS) is 17.8. The molecule has 1 fully saturated rings. The van der Waals surface area contributed by atoms with Gasteiger partial charge in [0.1, 0.15) is 0 Å². The van der Waals surface area contributed by atoms with Crippen molar-refractivity contribution in [1.82, 2.24) is 15.0 Å². The van der Waals surface area contributed by atoms with E-state index in [9.17, 15) is 4.79 Å². The van der Waals surface area contributed by atoms with E-state index >= 15 is 0 Å². The van der Waals surface area contributed by atoms with Gasteiger partial charge in [0.05, 0.1) is 5.69 Å². The SMILES string of the molecule is Cc1ccccc1CCN1CCC[C@@H](CN(C)C(=O)c2cc(C(C)C)no2)C1. The first-order valence-corrected chi connectivity index (χ1v) is 10.4. The highest BCUT2D eigenvalue weighted by atomic mass is 16.5. The lowest BCUT2D eigenvalue weighted by molar-refractivity contribution is 0.0690. The van der Waals surface area contributed by atoms with Gasteiger partial charge in [0.2, 0.25) is 5.76 Å². The maximum atomic E-state index is 12.7. The summed E-state index contributed by atoms with van der Waals surface area (Å²) >= 11 is 0. The summed E-state index contributed by atoms with van der Waals surface area (Å²) < 4.78 is 5.27. The Labute approximate surface area is 168 Å². The Morgan fingerprint density at radius 1 is 1.36 bits per heavy atom. The third-order valence-corrected chi connectivity index (χ3v) is 5.77. The van der Waals surface area contributed by atoms with Crippen LogP contribution in [0, 0.1) is 12.8 Å². The van der Waals surface area contributed by atoms with Crippen LogP contribution in [0.25, 0.3) is 0 Å². The topological polar surface area (TPSA) is 49.6 Å². The van der Waals surface area contributed by atoms with Gasteiger partial charge in [0.15, 0.2) is 0 Å². The minimum absolute atomic E-state index is 0.0727. The van der Waals surface area contributed by atoms with E-state index in [1.165, 1.54) is 24.0 Å². The molecule has 0 N–H and O–H groups in total. The van der Waals surface area contributed by atoms with Gasteiger partial charge >= 0.3 is 0 Å². The number of hydrogen-bond acceptors (Lipinski definition) is 4. The molecule has 0 bridgehead atoms. The van der Waals surface area contributed by atoms with Crippen molar-refractivity contribution in [3.63, 3.8) is 0 Å². The molecular formula is C23H33N3O2. The summed E-state index contributed by atoms with van der Waals surface area (Å²) in [4.78, 5) is 17.0. The molecule has 2 heterocycles. The maximum absolute atomic E-state index is 12.7. The van der Waals surface area contributed by atoms with E-state index in [4.69, 9.17) is 4.52 Å². The summed E-state index contributed by atoms with van der Waals surface area (Å²) in [5.74, 6) is 1.04. The lowest BCUT2D eigenvalue weighted by Gasteiger charge is -2.34. The second-order valence-electron chi connectivity index (χ2n) is 8.44. The van der Waals surface area contributed by atoms with Crippen LogP contribution in [0.5, 0.6) is 0 Å². The number of aryl methyl sites for hydroxylation is 1. The highest BCUT2D eigenvalue weighted by molar-refractivity contribution is 5.91. The number of likely N-dealkylation sites (tertiary alicyclic amines) is 1. The van der Waals surface area contributed by atoms with E-state index in [-0.39, 0.29) is 11.8 Å². The van der Waals surface area contributed by atoms with Crippen LogP contribution in [0.3, 0.4) is 0 Å². The molecule has 1 atom stereocenters. The highest BCUT2D eigenvalue weighted by Gasteiger charge is 2.25. The predicted octanol–water partition coefficient (Wildman–Crippen LogP) is 4.13. The molecule has 0 aliphatic carbocycles. The largest absolute Gasteiger partial charge is 0.351 e. The number of rotatable bonds is 7. The van der Waals surface area contributed by atoms with E-state index in [1.807, 2.05) is 20.9 Å². The minimum Gasteiger partial charge on any atom is -0.351 e. The fourth-order valence-electron chi connectivity index (χ4n) is 3.99. The summed E-state index contributed by atoms with van der Waals surface area (Å²) in [7, 11) is 1.87. The van der Waals surface area contributed by atoms with Gasteiger partial charge in [-0.05, 0) is 55.7 Å². The third-order valence-electron chi connectivity index (χ3n) is 5.77. The van der Waals surface area contributed by atoms with Crippen molar-refractivity contribution in [1.29, 1.82) is 0 Å². The molecule has 0 saturated carbocycles. The Bertz CT molecular complexity index is 784. The molecule has 3 rings (SSSR count). The van der Waals surface area contributed by atoms with Gasteiger partial charge in [-0.3, -0.25) is 4.79 Å². The smallest absolute Gasteiger partial charge is 0.292 e. The second kappa shape index (κ2) is 9.37. The van der Waals surface area contributed by atoms with Crippen LogP contribution in [-0.2, 0) is 6.42 Å². The number of piperidine rings is 1. The van der Waals surface area contributed by atoms with Crippen molar-refractivity contribution < 1.29 is 9.32 Å². The average Bonchev–Trinajstić information content (AvgIpc) is 3.17. The molecule has 5 heteroatoms. The van der Waals surface area contributed by atoms with Crippen molar-refractivity contribution in [2.45, 2.75) is 46.0 Å². The second-order valence-corrected chi connectivity index (χ2v) is 8.44. The summed E-state index contributed by atoms with van der Waals surface area (Å²) in [5, 5.41) is 4.01. The van der Waals surface area contributed by atoms with Crippen LogP contribution in [0.1, 0.15) is 60.0 Å². The highest BCUT2D eigenvalue weighted by Crippen LogP contribution is 2.20. The molecule has 5 nitrogen and oxygen atoms in total. The Balaban J connectivity index is 1.51. The molecule has 2 aromatic rings. The van der Waals surface area contributed by atoms with Gasteiger partial charge in [-0.1, -0.05) is 43.3 Å². The molecule has 1 aromatic heterocycles. The minimum atomic E-state index is -0.0727. The number of carbonyl (C=O) groups is 1. The van der Waals surface area contributed by atoms with Crippen LogP contribution >= 0.6 is 0 Å². The molecule has 28 heavy (non-hydrogen) atoms. The maximum Gasteiger partial charge on any atom is 0.292 e. The zero-order valence-electron chi connectivity index (χ0n) is 17.6. The van der Waals surface area contributed by atoms with Gasteiger partial charge in [0.25, 0.3) is 5.91 Å². The lowest BCUT2D eigenvalue weighted by atomic mass is 9.96. The molecule has 0 radical (unpaired) electrons. The van der Waals surface area contributed by atoms with Gasteiger partial charge in [-0.25, -0.2) is 0 Å². The fraction of sp³-hybridized carbons (Fsp3) is 0.565. The van der Waals surface area contributed by atoms with E-state index < -0.39 is 0 Å². The summed E-state index contributed by atoms with van der Waals surface area (Å²) in [6, 6.07) is 10.4. The Hall–Kier alpha value is -2.14. The van der Waals surface area contributed by atoms with Crippen molar-refractivity contribution in [2.24, 2.45) is 5.92 Å². The molecule has 152 valence electrons. The van der Waals surface area contributed by atoms with E-state index in [0.717, 1.165) is 38.3 Å². The van der Waals surface area contributed by atoms with Crippen LogP contribution in [0.15, 0.2) is 34.9 Å². The van der Waals surface area contributed by atoms with Crippen molar-refractivity contribution in [2.75, 3.05) is 33.2 Å². The third kappa shape index (κ3) is 5.22. The first-order chi connectivity index (χ1) is 13.4. The lowest BCUT2D eigenvalue weighted by Crippen LogP contribution is -2.42. The summed E-state index contributed by atoms with van der Waals surface area (Å²) in [6.07, 6.45) is 3.45. The van der Waals surface area contributed by atoms with Crippen LogP contribution in [0.4, 0.5) is 0 Å². The van der Waals surface area contributed by atoms with E-state index in [1.54, 1.807) is 11.0 Å². The van der Waals surface area contributed by atoms with Crippen molar-refractivity contribution >= 4 is 5.91 Å². The predicted molar refractivity (Wildman–Crippen MR) is 112 cm³/mol. The first kappa shape index (κ1) is 20.6. The molecule has 1 saturated heterocycles. The molecule has 1 amide bonds. The van der Waals surface area contributed by atoms with Crippen molar-refractivity contribution in [3.05, 3.63) is 52.9 Å². The quantitative estimate of drug-likeness (QED) is 0.721. The standard InChI is InChI=1S/C23H33N3O2/c1-17(2)21-14-22(28-24-21)23(27)25(4)15-19-9-7-12-26(16-19)13-11-20-10-6-5-8-18(20)3/h5-6,8,10,14,17,19H,7,9,11-13,15-16H2,1-4H3/t19-/m0/s1.